The number of nitrogens with one attached hydrogen (secondary N) is 1. The molecule has 0 aliphatic rings. The summed E-state index contributed by atoms with van der Waals surface area (Å²) in [7, 11) is 1.63. The Morgan fingerprint density at radius 2 is 2.00 bits per heavy atom. The van der Waals surface area contributed by atoms with Crippen molar-refractivity contribution in [3.63, 3.8) is 0 Å². The number of nitrogens with zero attached hydrogens (tertiary/aromatic N) is 1. The molecule has 0 aromatic heterocycles. The van der Waals surface area contributed by atoms with Crippen LogP contribution in [-0.2, 0) is 9.59 Å². The lowest BCUT2D eigenvalue weighted by atomic mass is 10.2. The van der Waals surface area contributed by atoms with Crippen LogP contribution in [0.3, 0.4) is 0 Å². The van der Waals surface area contributed by atoms with Gasteiger partial charge in [-0.15, -0.1) is 0 Å². The van der Waals surface area contributed by atoms with Crippen LogP contribution in [0, 0.1) is 0 Å². The fourth-order valence-corrected chi connectivity index (χ4v) is 0.985. The highest BCUT2D eigenvalue weighted by Gasteiger charge is 2.18. The topological polar surface area (TPSA) is 49.4 Å². The quantitative estimate of drug-likeness (QED) is 0.666. The average Bonchev–Trinajstić information content (AvgIpc) is 2.15. The van der Waals surface area contributed by atoms with Crippen LogP contribution in [0.2, 0.25) is 0 Å². The summed E-state index contributed by atoms with van der Waals surface area (Å²) in [5, 5.41) is 2.79. The second-order valence-corrected chi connectivity index (χ2v) is 3.45. The molecule has 0 saturated carbocycles. The van der Waals surface area contributed by atoms with Gasteiger partial charge in [-0.05, 0) is 13.3 Å². The normalized spacial score (nSPS) is 12.0. The van der Waals surface area contributed by atoms with Crippen LogP contribution in [-0.4, -0.2) is 36.3 Å². The van der Waals surface area contributed by atoms with Crippen LogP contribution in [0.1, 0.15) is 33.6 Å². The number of unbranched alkanes of at least 4 members (excludes halogenated alkanes) is 1. The second-order valence-electron chi connectivity index (χ2n) is 3.45. The molecule has 0 heterocycles. The van der Waals surface area contributed by atoms with E-state index in [1.54, 1.807) is 14.0 Å². The molecule has 0 bridgehead atoms. The Morgan fingerprint density at radius 1 is 1.43 bits per heavy atom. The molecular formula is C10H20N2O2. The van der Waals surface area contributed by atoms with E-state index in [-0.39, 0.29) is 17.9 Å². The van der Waals surface area contributed by atoms with Crippen LogP contribution in [0.4, 0.5) is 0 Å². The Labute approximate surface area is 85.7 Å². The van der Waals surface area contributed by atoms with Crippen molar-refractivity contribution in [2.24, 2.45) is 0 Å². The molecule has 0 saturated heterocycles. The van der Waals surface area contributed by atoms with E-state index in [1.165, 1.54) is 11.8 Å². The highest BCUT2D eigenvalue weighted by molar-refractivity contribution is 5.86. The number of likely N-dealkylation sites (N-methyl/N-ethyl adjacent to an activating group) is 1. The summed E-state index contributed by atoms with van der Waals surface area (Å²) in [6, 6.07) is -0.385. The molecule has 0 aromatic carbocycles. The summed E-state index contributed by atoms with van der Waals surface area (Å²) in [5.74, 6) is -0.181. The predicted molar refractivity (Wildman–Crippen MR) is 55.8 cm³/mol. The van der Waals surface area contributed by atoms with Crippen LogP contribution in [0.5, 0.6) is 0 Å². The molecule has 0 spiro atoms. The molecule has 0 radical (unpaired) electrons. The zero-order chi connectivity index (χ0) is 11.1. The van der Waals surface area contributed by atoms with Gasteiger partial charge in [0.1, 0.15) is 6.04 Å². The molecule has 1 atom stereocenters. The van der Waals surface area contributed by atoms with Gasteiger partial charge < -0.3 is 10.2 Å². The molecule has 0 fully saturated rings. The van der Waals surface area contributed by atoms with Crippen LogP contribution in [0.15, 0.2) is 0 Å². The number of carbonyl (C=O) groups is 2. The summed E-state index contributed by atoms with van der Waals surface area (Å²) < 4.78 is 0. The van der Waals surface area contributed by atoms with Crippen molar-refractivity contribution in [1.29, 1.82) is 0 Å². The lowest BCUT2D eigenvalue weighted by Crippen LogP contribution is -2.45. The van der Waals surface area contributed by atoms with Gasteiger partial charge in [0, 0.05) is 20.5 Å². The maximum absolute atomic E-state index is 11.5. The van der Waals surface area contributed by atoms with E-state index in [9.17, 15) is 9.59 Å². The molecular weight excluding hydrogens is 180 g/mol. The fourth-order valence-electron chi connectivity index (χ4n) is 0.985. The third-order valence-electron chi connectivity index (χ3n) is 2.29. The summed E-state index contributed by atoms with van der Waals surface area (Å²) in [6.45, 7) is 5.93. The van der Waals surface area contributed by atoms with E-state index in [0.717, 1.165) is 12.8 Å². The van der Waals surface area contributed by atoms with E-state index < -0.39 is 0 Å². The van der Waals surface area contributed by atoms with Crippen LogP contribution < -0.4 is 5.32 Å². The third kappa shape index (κ3) is 4.25. The van der Waals surface area contributed by atoms with Crippen molar-refractivity contribution in [1.82, 2.24) is 10.2 Å². The number of amides is 2. The smallest absolute Gasteiger partial charge is 0.242 e. The lowest BCUT2D eigenvalue weighted by Gasteiger charge is -2.22. The van der Waals surface area contributed by atoms with Crippen molar-refractivity contribution < 1.29 is 9.59 Å². The number of hydrogen-bond donors (Lipinski definition) is 1. The van der Waals surface area contributed by atoms with Crippen molar-refractivity contribution in [3.05, 3.63) is 0 Å². The molecule has 4 nitrogen and oxygen atoms in total. The van der Waals surface area contributed by atoms with E-state index in [0.29, 0.717) is 6.54 Å². The summed E-state index contributed by atoms with van der Waals surface area (Å²) in [4.78, 5) is 23.9. The average molecular weight is 200 g/mol. The van der Waals surface area contributed by atoms with Gasteiger partial charge >= 0.3 is 0 Å². The highest BCUT2D eigenvalue weighted by Crippen LogP contribution is 1.96. The summed E-state index contributed by atoms with van der Waals surface area (Å²) in [6.07, 6.45) is 2.03. The fraction of sp³-hybridized carbons (Fsp3) is 0.800. The van der Waals surface area contributed by atoms with Crippen LogP contribution in [0.25, 0.3) is 0 Å². The van der Waals surface area contributed by atoms with E-state index in [2.05, 4.69) is 12.2 Å². The standard InChI is InChI=1S/C10H20N2O2/c1-5-6-7-11-10(14)8(2)12(4)9(3)13/h8H,5-7H2,1-4H3,(H,11,14)/t8-/m0/s1. The van der Waals surface area contributed by atoms with Gasteiger partial charge in [-0.25, -0.2) is 0 Å². The number of hydrogen-bond acceptors (Lipinski definition) is 2. The van der Waals surface area contributed by atoms with Gasteiger partial charge in [0.05, 0.1) is 0 Å². The highest BCUT2D eigenvalue weighted by atomic mass is 16.2. The Balaban J connectivity index is 3.92. The lowest BCUT2D eigenvalue weighted by molar-refractivity contribution is -0.136. The van der Waals surface area contributed by atoms with E-state index >= 15 is 0 Å². The molecule has 1 N–H and O–H groups in total. The van der Waals surface area contributed by atoms with Crippen molar-refractivity contribution in [2.75, 3.05) is 13.6 Å². The van der Waals surface area contributed by atoms with Gasteiger partial charge in [0.2, 0.25) is 11.8 Å². The van der Waals surface area contributed by atoms with Gasteiger partial charge in [-0.1, -0.05) is 13.3 Å². The third-order valence-corrected chi connectivity index (χ3v) is 2.29. The van der Waals surface area contributed by atoms with Crippen molar-refractivity contribution in [3.8, 4) is 0 Å². The minimum atomic E-state index is -0.385. The molecule has 0 rings (SSSR count). The predicted octanol–water partition coefficient (Wildman–Crippen LogP) is 0.770. The molecule has 0 aromatic rings. The van der Waals surface area contributed by atoms with Gasteiger partial charge in [0.15, 0.2) is 0 Å². The van der Waals surface area contributed by atoms with E-state index in [1.807, 2.05) is 0 Å². The maximum atomic E-state index is 11.5. The number of rotatable bonds is 5. The zero-order valence-corrected chi connectivity index (χ0v) is 9.46. The minimum absolute atomic E-state index is 0.0869. The first kappa shape index (κ1) is 12.9. The van der Waals surface area contributed by atoms with Crippen molar-refractivity contribution in [2.45, 2.75) is 39.7 Å². The van der Waals surface area contributed by atoms with Gasteiger partial charge in [-0.3, -0.25) is 9.59 Å². The SMILES string of the molecule is CCCCNC(=O)[C@H](C)N(C)C(C)=O. The molecule has 0 unspecified atom stereocenters. The Kier molecular flexibility index (Phi) is 5.92. The molecule has 0 aliphatic heterocycles. The van der Waals surface area contributed by atoms with Gasteiger partial charge in [-0.2, -0.15) is 0 Å². The molecule has 82 valence electrons. The zero-order valence-electron chi connectivity index (χ0n) is 9.46. The monoisotopic (exact) mass is 200 g/mol. The molecule has 0 aliphatic carbocycles. The van der Waals surface area contributed by atoms with Crippen LogP contribution >= 0.6 is 0 Å². The largest absolute Gasteiger partial charge is 0.354 e. The molecule has 14 heavy (non-hydrogen) atoms. The Morgan fingerprint density at radius 3 is 2.43 bits per heavy atom. The maximum Gasteiger partial charge on any atom is 0.242 e. The summed E-state index contributed by atoms with van der Waals surface area (Å²) in [5.41, 5.74) is 0. The first-order valence-electron chi connectivity index (χ1n) is 5.01. The van der Waals surface area contributed by atoms with Gasteiger partial charge in [0.25, 0.3) is 0 Å². The Hall–Kier alpha value is -1.06. The van der Waals surface area contributed by atoms with Crippen molar-refractivity contribution >= 4 is 11.8 Å². The molecule has 4 heteroatoms. The Bertz CT molecular complexity index is 204. The van der Waals surface area contributed by atoms with E-state index in [4.69, 9.17) is 0 Å². The number of carbonyl (C=O) groups excluding carboxylic acids is 2. The minimum Gasteiger partial charge on any atom is -0.354 e. The molecule has 2 amide bonds. The summed E-state index contributed by atoms with van der Waals surface area (Å²) >= 11 is 0. The first-order chi connectivity index (χ1) is 6.50. The first-order valence-corrected chi connectivity index (χ1v) is 5.01. The second kappa shape index (κ2) is 6.40.